The molecular weight excluding hydrogens is 329 g/mol. The van der Waals surface area contributed by atoms with Crippen LogP contribution in [0.15, 0.2) is 36.5 Å². The highest BCUT2D eigenvalue weighted by Crippen LogP contribution is 2.31. The van der Waals surface area contributed by atoms with Gasteiger partial charge in [0.1, 0.15) is 11.5 Å². The normalized spacial score (nSPS) is 17.7. The number of imidazole rings is 1. The lowest BCUT2D eigenvalue weighted by atomic mass is 10.0. The minimum Gasteiger partial charge on any atom is -0.375 e. The number of benzene rings is 1. The predicted octanol–water partition coefficient (Wildman–Crippen LogP) is 3.54. The highest BCUT2D eigenvalue weighted by Gasteiger charge is 2.23. The van der Waals surface area contributed by atoms with Crippen molar-refractivity contribution >= 4 is 5.65 Å². The molecule has 0 aliphatic carbocycles. The van der Waals surface area contributed by atoms with Crippen molar-refractivity contribution in [3.63, 3.8) is 0 Å². The number of hydrogen-bond acceptors (Lipinski definition) is 3. The molecule has 5 heteroatoms. The van der Waals surface area contributed by atoms with Gasteiger partial charge in [0.25, 0.3) is 0 Å². The average molecular weight is 353 g/mol. The van der Waals surface area contributed by atoms with Crippen LogP contribution in [0.1, 0.15) is 23.7 Å². The molecule has 136 valence electrons. The second-order valence-corrected chi connectivity index (χ2v) is 6.86. The first-order valence-electron chi connectivity index (χ1n) is 9.25. The Morgan fingerprint density at radius 3 is 2.96 bits per heavy atom. The Balaban J connectivity index is 1.88. The summed E-state index contributed by atoms with van der Waals surface area (Å²) >= 11 is 0. The molecule has 26 heavy (non-hydrogen) atoms. The molecule has 0 radical (unpaired) electrons. The van der Waals surface area contributed by atoms with E-state index in [0.717, 1.165) is 42.1 Å². The molecule has 1 N–H and O–H groups in total. The van der Waals surface area contributed by atoms with Gasteiger partial charge in [-0.15, -0.1) is 0 Å². The van der Waals surface area contributed by atoms with Crippen LogP contribution in [0.4, 0.5) is 4.39 Å². The summed E-state index contributed by atoms with van der Waals surface area (Å²) in [7, 11) is 0. The Morgan fingerprint density at radius 2 is 2.23 bits per heavy atom. The van der Waals surface area contributed by atoms with E-state index >= 15 is 0 Å². The second-order valence-electron chi connectivity index (χ2n) is 6.86. The van der Waals surface area contributed by atoms with Crippen LogP contribution in [0.25, 0.3) is 16.9 Å². The summed E-state index contributed by atoms with van der Waals surface area (Å²) in [5, 5.41) is 3.37. The molecule has 1 aliphatic rings. The van der Waals surface area contributed by atoms with Crippen LogP contribution < -0.4 is 5.32 Å². The van der Waals surface area contributed by atoms with Crippen molar-refractivity contribution in [1.82, 2.24) is 14.7 Å². The summed E-state index contributed by atoms with van der Waals surface area (Å²) in [6.45, 7) is 6.44. The van der Waals surface area contributed by atoms with Crippen molar-refractivity contribution in [2.24, 2.45) is 0 Å². The number of fused-ring (bicyclic) bond motifs is 1. The number of hydrogen-bond donors (Lipinski definition) is 1. The number of nitrogens with one attached hydrogen (secondary N) is 1. The first-order valence-corrected chi connectivity index (χ1v) is 9.25. The van der Waals surface area contributed by atoms with Gasteiger partial charge < -0.3 is 14.5 Å². The van der Waals surface area contributed by atoms with E-state index < -0.39 is 0 Å². The van der Waals surface area contributed by atoms with Crippen molar-refractivity contribution in [2.75, 3.05) is 19.7 Å². The Bertz CT molecular complexity index is 908. The van der Waals surface area contributed by atoms with E-state index in [-0.39, 0.29) is 11.9 Å². The summed E-state index contributed by atoms with van der Waals surface area (Å²) in [6, 6.07) is 9.38. The van der Waals surface area contributed by atoms with Gasteiger partial charge in [0, 0.05) is 31.3 Å². The predicted molar refractivity (Wildman–Crippen MR) is 101 cm³/mol. The van der Waals surface area contributed by atoms with Crippen LogP contribution in [-0.2, 0) is 17.6 Å². The van der Waals surface area contributed by atoms with Gasteiger partial charge in [0.05, 0.1) is 24.1 Å². The molecule has 1 saturated heterocycles. The first-order chi connectivity index (χ1) is 12.7. The zero-order chi connectivity index (χ0) is 18.1. The molecule has 0 amide bonds. The summed E-state index contributed by atoms with van der Waals surface area (Å²) in [4.78, 5) is 4.83. The molecule has 1 fully saturated rings. The first kappa shape index (κ1) is 17.2. The number of morpholine rings is 1. The fourth-order valence-corrected chi connectivity index (χ4v) is 3.65. The Kier molecular flexibility index (Phi) is 4.74. The lowest BCUT2D eigenvalue weighted by Crippen LogP contribution is -2.39. The van der Waals surface area contributed by atoms with Crippen LogP contribution in [0.5, 0.6) is 0 Å². The van der Waals surface area contributed by atoms with E-state index in [1.165, 1.54) is 11.6 Å². The maximum Gasteiger partial charge on any atom is 0.137 e. The molecule has 0 bridgehead atoms. The number of aryl methyl sites for hydroxylation is 2. The van der Waals surface area contributed by atoms with Gasteiger partial charge in [-0.3, -0.25) is 0 Å². The summed E-state index contributed by atoms with van der Waals surface area (Å²) in [5.41, 5.74) is 5.30. The van der Waals surface area contributed by atoms with Gasteiger partial charge in [-0.2, -0.15) is 0 Å². The smallest absolute Gasteiger partial charge is 0.137 e. The summed E-state index contributed by atoms with van der Waals surface area (Å²) in [6.07, 6.45) is 3.76. The van der Waals surface area contributed by atoms with Crippen molar-refractivity contribution in [3.05, 3.63) is 59.2 Å². The van der Waals surface area contributed by atoms with E-state index in [4.69, 9.17) is 9.72 Å². The number of nitrogens with zero attached hydrogens (tertiary/aromatic N) is 2. The monoisotopic (exact) mass is 353 g/mol. The average Bonchev–Trinajstić information content (AvgIpc) is 2.99. The largest absolute Gasteiger partial charge is 0.375 e. The van der Waals surface area contributed by atoms with Crippen molar-refractivity contribution < 1.29 is 9.13 Å². The Labute approximate surface area is 153 Å². The molecule has 4 nitrogen and oxygen atoms in total. The van der Waals surface area contributed by atoms with Gasteiger partial charge in [-0.05, 0) is 42.7 Å². The molecule has 1 unspecified atom stereocenters. The molecule has 2 aromatic heterocycles. The van der Waals surface area contributed by atoms with Crippen LogP contribution in [-0.4, -0.2) is 35.2 Å². The van der Waals surface area contributed by atoms with Crippen LogP contribution in [0.3, 0.4) is 0 Å². The molecule has 3 aromatic rings. The van der Waals surface area contributed by atoms with Gasteiger partial charge in [0.15, 0.2) is 0 Å². The third-order valence-corrected chi connectivity index (χ3v) is 5.08. The minimum atomic E-state index is -0.229. The van der Waals surface area contributed by atoms with Gasteiger partial charge in [0.2, 0.25) is 0 Å². The highest BCUT2D eigenvalue weighted by atomic mass is 19.1. The molecule has 0 spiro atoms. The molecule has 4 rings (SSSR count). The van der Waals surface area contributed by atoms with Crippen LogP contribution in [0, 0.1) is 12.7 Å². The molecule has 1 atom stereocenters. The number of ether oxygens (including phenoxy) is 1. The minimum absolute atomic E-state index is 0.0698. The van der Waals surface area contributed by atoms with E-state index in [1.54, 1.807) is 6.07 Å². The molecule has 1 aromatic carbocycles. The van der Waals surface area contributed by atoms with Crippen molar-refractivity contribution in [1.29, 1.82) is 0 Å². The van der Waals surface area contributed by atoms with Crippen LogP contribution in [0.2, 0.25) is 0 Å². The molecule has 1 aliphatic heterocycles. The van der Waals surface area contributed by atoms with Crippen molar-refractivity contribution in [2.45, 2.75) is 32.8 Å². The quantitative estimate of drug-likeness (QED) is 0.780. The second kappa shape index (κ2) is 7.17. The number of pyridine rings is 1. The van der Waals surface area contributed by atoms with Gasteiger partial charge in [-0.25, -0.2) is 9.37 Å². The topological polar surface area (TPSA) is 38.6 Å². The lowest BCUT2D eigenvalue weighted by molar-refractivity contribution is 0.0286. The van der Waals surface area contributed by atoms with E-state index in [1.807, 2.05) is 19.2 Å². The Hall–Kier alpha value is -2.24. The van der Waals surface area contributed by atoms with E-state index in [0.29, 0.717) is 18.6 Å². The zero-order valence-corrected chi connectivity index (χ0v) is 15.3. The maximum atomic E-state index is 14.7. The van der Waals surface area contributed by atoms with Crippen LogP contribution >= 0.6 is 0 Å². The molecule has 0 saturated carbocycles. The van der Waals surface area contributed by atoms with Gasteiger partial charge in [-0.1, -0.05) is 19.1 Å². The number of rotatable bonds is 4. The maximum absolute atomic E-state index is 14.7. The zero-order valence-electron chi connectivity index (χ0n) is 15.3. The van der Waals surface area contributed by atoms with E-state index in [2.05, 4.69) is 28.8 Å². The molecular formula is C21H24FN3O. The number of aromatic nitrogens is 2. The summed E-state index contributed by atoms with van der Waals surface area (Å²) < 4.78 is 22.7. The Morgan fingerprint density at radius 1 is 1.35 bits per heavy atom. The fraction of sp³-hybridized carbons (Fsp3) is 0.381. The highest BCUT2D eigenvalue weighted by molar-refractivity contribution is 5.70. The van der Waals surface area contributed by atoms with E-state index in [9.17, 15) is 4.39 Å². The standard InChI is InChI=1S/C21H24FN3O/c1-3-15-7-9-25-18(12-16-13-23-8-10-26-16)21(24-19(25)11-15)20-14(2)5-4-6-17(20)22/h4-7,9,11,16,23H,3,8,10,12-13H2,1-2H3. The third kappa shape index (κ3) is 3.13. The fourth-order valence-electron chi connectivity index (χ4n) is 3.65. The lowest BCUT2D eigenvalue weighted by Gasteiger charge is -2.24. The molecule has 3 heterocycles. The summed E-state index contributed by atoms with van der Waals surface area (Å²) in [5.74, 6) is -0.229. The van der Waals surface area contributed by atoms with Crippen molar-refractivity contribution in [3.8, 4) is 11.3 Å². The SMILES string of the molecule is CCc1ccn2c(CC3CNCCO3)c(-c3c(C)cccc3F)nc2c1. The number of halogens is 1. The third-order valence-electron chi connectivity index (χ3n) is 5.08. The van der Waals surface area contributed by atoms with Gasteiger partial charge >= 0.3 is 0 Å².